The molecule has 0 aliphatic carbocycles. The number of esters is 1. The Kier molecular flexibility index (Phi) is 14.8. The van der Waals surface area contributed by atoms with Crippen molar-refractivity contribution >= 4 is 21.6 Å². The largest absolute Gasteiger partial charge is 0.464 e. The minimum atomic E-state index is -2.67. The lowest BCUT2D eigenvalue weighted by atomic mass is 9.96. The second-order valence-corrected chi connectivity index (χ2v) is 15.6. The molecule has 1 fully saturated rings. The number of ether oxygens (including phenoxy) is 5. The predicted molar refractivity (Wildman–Crippen MR) is 185 cm³/mol. The van der Waals surface area contributed by atoms with Crippen LogP contribution < -0.4 is 0 Å². The van der Waals surface area contributed by atoms with E-state index in [0.717, 1.165) is 16.7 Å². The van der Waals surface area contributed by atoms with Crippen LogP contribution in [0.25, 0.3) is 0 Å². The molecule has 1 aliphatic heterocycles. The summed E-state index contributed by atoms with van der Waals surface area (Å²) >= 11 is 0. The van der Waals surface area contributed by atoms with Crippen molar-refractivity contribution in [1.29, 1.82) is 0 Å². The smallest absolute Gasteiger partial charge is 0.404 e. The van der Waals surface area contributed by atoms with Crippen molar-refractivity contribution in [3.8, 4) is 0 Å². The molecule has 0 spiro atoms. The molecule has 4 rings (SSSR count). The highest BCUT2D eigenvalue weighted by molar-refractivity contribution is 7.51. The Morgan fingerprint density at radius 3 is 1.73 bits per heavy atom. The standard InChI is InChI=1S/C37H48O9P2/c1-4-6-23-47(40)36(45-29(3)38)35(44-27-32-21-15-10-16-22-32)34(43-26-31-19-13-9-14-20-31)33(28-42-25-30-17-11-8-12-18-30)46-37(36,39)48(41)24-7-5-2/h8-22,33-35,39H,4-7,23-28H2,1-3H3/q+2/t33-,34-,35+,36+,37+/m1/s1. The van der Waals surface area contributed by atoms with Crippen LogP contribution in [-0.4, -0.2) is 59.2 Å². The van der Waals surface area contributed by atoms with Crippen molar-refractivity contribution in [1.82, 2.24) is 0 Å². The third kappa shape index (κ3) is 9.42. The molecule has 0 bridgehead atoms. The summed E-state index contributed by atoms with van der Waals surface area (Å²) in [5.74, 6) is -0.815. The Balaban J connectivity index is 1.86. The second kappa shape index (κ2) is 18.8. The quantitative estimate of drug-likeness (QED) is 0.0984. The van der Waals surface area contributed by atoms with E-state index >= 15 is 0 Å². The summed E-state index contributed by atoms with van der Waals surface area (Å²) in [6, 6.07) is 28.4. The minimum absolute atomic E-state index is 0.0100. The number of carbonyl (C=O) groups is 1. The molecular weight excluding hydrogens is 650 g/mol. The van der Waals surface area contributed by atoms with Gasteiger partial charge in [0.2, 0.25) is 0 Å². The molecule has 0 radical (unpaired) electrons. The molecule has 3 aromatic rings. The highest BCUT2D eigenvalue weighted by Gasteiger charge is 2.87. The Morgan fingerprint density at radius 1 is 0.750 bits per heavy atom. The molecule has 1 saturated heterocycles. The first-order valence-corrected chi connectivity index (χ1v) is 19.6. The highest BCUT2D eigenvalue weighted by atomic mass is 31.1. The Morgan fingerprint density at radius 2 is 1.23 bits per heavy atom. The van der Waals surface area contributed by atoms with Crippen LogP contribution in [0, 0.1) is 0 Å². The van der Waals surface area contributed by atoms with Crippen molar-refractivity contribution in [2.24, 2.45) is 0 Å². The third-order valence-electron chi connectivity index (χ3n) is 8.22. The van der Waals surface area contributed by atoms with E-state index in [9.17, 15) is 19.0 Å². The molecule has 0 aromatic heterocycles. The van der Waals surface area contributed by atoms with E-state index in [-0.39, 0.29) is 38.8 Å². The van der Waals surface area contributed by atoms with Gasteiger partial charge in [-0.2, -0.15) is 0 Å². The summed E-state index contributed by atoms with van der Waals surface area (Å²) in [5, 5.41) is 10.3. The normalized spacial score (nSPS) is 24.5. The lowest BCUT2D eigenvalue weighted by molar-refractivity contribution is -0.342. The van der Waals surface area contributed by atoms with Gasteiger partial charge in [-0.05, 0) is 29.5 Å². The number of hydrogen-bond acceptors (Lipinski definition) is 9. The fourth-order valence-electron chi connectivity index (χ4n) is 5.75. The predicted octanol–water partition coefficient (Wildman–Crippen LogP) is 7.93. The number of unbranched alkanes of at least 4 members (excludes halogenated alkanes) is 2. The van der Waals surface area contributed by atoms with Gasteiger partial charge in [-0.25, -0.2) is 0 Å². The van der Waals surface area contributed by atoms with Crippen LogP contribution in [0.2, 0.25) is 0 Å². The van der Waals surface area contributed by atoms with E-state index in [0.29, 0.717) is 25.7 Å². The Bertz CT molecular complexity index is 1440. The zero-order valence-electron chi connectivity index (χ0n) is 28.1. The van der Waals surface area contributed by atoms with Crippen molar-refractivity contribution < 1.29 is 42.7 Å². The summed E-state index contributed by atoms with van der Waals surface area (Å²) < 4.78 is 60.8. The zero-order chi connectivity index (χ0) is 34.4. The number of aliphatic hydroxyl groups is 1. The van der Waals surface area contributed by atoms with Gasteiger partial charge in [0.1, 0.15) is 12.2 Å². The van der Waals surface area contributed by atoms with Gasteiger partial charge in [0.05, 0.1) is 26.4 Å². The van der Waals surface area contributed by atoms with Gasteiger partial charge in [-0.15, -0.1) is 0 Å². The van der Waals surface area contributed by atoms with Crippen molar-refractivity contribution in [3.63, 3.8) is 0 Å². The van der Waals surface area contributed by atoms with Crippen LogP contribution in [0.5, 0.6) is 0 Å². The van der Waals surface area contributed by atoms with Gasteiger partial charge >= 0.3 is 32.4 Å². The lowest BCUT2D eigenvalue weighted by Gasteiger charge is -2.46. The zero-order valence-corrected chi connectivity index (χ0v) is 29.9. The average Bonchev–Trinajstić information content (AvgIpc) is 3.10. The van der Waals surface area contributed by atoms with Crippen LogP contribution in [0.15, 0.2) is 91.0 Å². The first kappa shape index (κ1) is 37.9. The average molecular weight is 699 g/mol. The fraction of sp³-hybridized carbons (Fsp3) is 0.486. The molecule has 0 saturated carbocycles. The summed E-state index contributed by atoms with van der Waals surface area (Å²) in [5.41, 5.74) is -0.0964. The second-order valence-electron chi connectivity index (χ2n) is 11.9. The van der Waals surface area contributed by atoms with Crippen LogP contribution >= 0.6 is 15.6 Å². The van der Waals surface area contributed by atoms with E-state index in [2.05, 4.69) is 0 Å². The molecule has 9 nitrogen and oxygen atoms in total. The number of benzene rings is 3. The maximum absolute atomic E-state index is 14.7. The molecule has 3 aromatic carbocycles. The molecule has 7 atom stereocenters. The van der Waals surface area contributed by atoms with E-state index in [4.69, 9.17) is 23.7 Å². The van der Waals surface area contributed by atoms with Gasteiger partial charge in [-0.3, -0.25) is 9.53 Å². The highest BCUT2D eigenvalue weighted by Crippen LogP contribution is 2.64. The number of carbonyl (C=O) groups excluding carboxylic acids is 1. The van der Waals surface area contributed by atoms with Crippen molar-refractivity contribution in [2.75, 3.05) is 18.9 Å². The van der Waals surface area contributed by atoms with Gasteiger partial charge in [0.25, 0.3) is 0 Å². The number of rotatable bonds is 19. The minimum Gasteiger partial charge on any atom is -0.404 e. The van der Waals surface area contributed by atoms with Crippen LogP contribution in [0.3, 0.4) is 0 Å². The van der Waals surface area contributed by atoms with E-state index in [1.54, 1.807) is 0 Å². The molecule has 1 N–H and O–H groups in total. The molecule has 48 heavy (non-hydrogen) atoms. The van der Waals surface area contributed by atoms with Crippen molar-refractivity contribution in [2.45, 2.75) is 95.5 Å². The third-order valence-corrected chi connectivity index (χ3v) is 12.3. The van der Waals surface area contributed by atoms with Crippen LogP contribution in [0.1, 0.15) is 63.1 Å². The monoisotopic (exact) mass is 698 g/mol. The molecule has 2 unspecified atom stereocenters. The topological polar surface area (TPSA) is 118 Å². The SMILES string of the molecule is CCCC[P+](=O)[C@@]1(O)O[C@H](COCc2ccccc2)[C@@H](OCc2ccccc2)[C@H](OCc2ccccc2)[C@]1(OC(C)=O)[P+](=O)CCCC. The molecule has 1 aliphatic rings. The maximum atomic E-state index is 14.7. The molecule has 11 heteroatoms. The molecule has 258 valence electrons. The first-order valence-electron chi connectivity index (χ1n) is 16.7. The summed E-state index contributed by atoms with van der Waals surface area (Å²) in [7, 11) is -5.30. The van der Waals surface area contributed by atoms with Crippen LogP contribution in [0.4, 0.5) is 0 Å². The maximum Gasteiger partial charge on any atom is 0.464 e. The lowest BCUT2D eigenvalue weighted by Crippen LogP contribution is -2.72. The van der Waals surface area contributed by atoms with E-state index in [1.807, 2.05) is 105 Å². The molecule has 1 heterocycles. The summed E-state index contributed by atoms with van der Waals surface area (Å²) in [4.78, 5) is 13.0. The first-order chi connectivity index (χ1) is 23.2. The Labute approximate surface area is 285 Å². The summed E-state index contributed by atoms with van der Waals surface area (Å²) in [6.07, 6.45) is -0.921. The fourth-order valence-corrected chi connectivity index (χ4v) is 10.2. The van der Waals surface area contributed by atoms with Crippen LogP contribution in [-0.2, 0) is 57.4 Å². The van der Waals surface area contributed by atoms with Gasteiger partial charge in [0, 0.05) is 6.92 Å². The Hall–Kier alpha value is -2.87. The molecular formula is C37H48O9P2+2. The summed E-state index contributed by atoms with van der Waals surface area (Å²) in [6.45, 7) is 5.33. The van der Waals surface area contributed by atoms with Gasteiger partial charge in [-0.1, -0.05) is 127 Å². The van der Waals surface area contributed by atoms with E-state index < -0.39 is 50.8 Å². The van der Waals surface area contributed by atoms with Gasteiger partial charge in [0.15, 0.2) is 18.4 Å². The number of hydrogen-bond donors (Lipinski definition) is 1. The van der Waals surface area contributed by atoms with Crippen molar-refractivity contribution in [3.05, 3.63) is 108 Å². The van der Waals surface area contributed by atoms with E-state index in [1.165, 1.54) is 6.92 Å². The molecule has 0 amide bonds. The van der Waals surface area contributed by atoms with Gasteiger partial charge < -0.3 is 24.1 Å².